The molecule has 0 spiro atoms. The number of benzene rings is 1. The number of aryl methyl sites for hydroxylation is 2. The summed E-state index contributed by atoms with van der Waals surface area (Å²) in [5.41, 5.74) is -0.170. The summed E-state index contributed by atoms with van der Waals surface area (Å²) in [4.78, 5) is 24.3. The number of nitrogens with zero attached hydrogens (tertiary/aromatic N) is 3. The van der Waals surface area contributed by atoms with Gasteiger partial charge in [-0.05, 0) is 38.1 Å². The summed E-state index contributed by atoms with van der Waals surface area (Å²) in [5.74, 6) is -0.291. The second kappa shape index (κ2) is 7.34. The monoisotopic (exact) mass is 390 g/mol. The van der Waals surface area contributed by atoms with E-state index in [0.717, 1.165) is 22.4 Å². The lowest BCUT2D eigenvalue weighted by Crippen LogP contribution is -2.32. The molecule has 1 N–H and O–H groups in total. The van der Waals surface area contributed by atoms with E-state index in [2.05, 4.69) is 10.4 Å². The normalized spacial score (nSPS) is 11.5. The summed E-state index contributed by atoms with van der Waals surface area (Å²) in [7, 11) is 0. The van der Waals surface area contributed by atoms with Crippen LogP contribution in [0.15, 0.2) is 53.5 Å². The summed E-state index contributed by atoms with van der Waals surface area (Å²) in [6.07, 6.45) is -3.64. The van der Waals surface area contributed by atoms with E-state index in [1.165, 1.54) is 4.68 Å². The third-order valence-electron chi connectivity index (χ3n) is 4.02. The minimum atomic E-state index is -4.78. The number of anilines is 1. The van der Waals surface area contributed by atoms with Gasteiger partial charge in [0.1, 0.15) is 17.9 Å². The largest absolute Gasteiger partial charge is 0.421 e. The maximum absolute atomic E-state index is 12.9. The average Bonchev–Trinajstić information content (AvgIpc) is 2.96. The Morgan fingerprint density at radius 2 is 1.82 bits per heavy atom. The first-order chi connectivity index (χ1) is 13.1. The summed E-state index contributed by atoms with van der Waals surface area (Å²) >= 11 is 0. The topological polar surface area (TPSA) is 68.9 Å². The maximum Gasteiger partial charge on any atom is 0.421 e. The molecule has 0 saturated heterocycles. The molecule has 0 saturated carbocycles. The van der Waals surface area contributed by atoms with Crippen molar-refractivity contribution < 1.29 is 18.0 Å². The molecule has 0 atom stereocenters. The fourth-order valence-corrected chi connectivity index (χ4v) is 2.69. The molecule has 0 aliphatic heterocycles. The molecule has 28 heavy (non-hydrogen) atoms. The number of pyridine rings is 1. The van der Waals surface area contributed by atoms with Crippen molar-refractivity contribution in [3.8, 4) is 5.69 Å². The quantitative estimate of drug-likeness (QED) is 0.743. The van der Waals surface area contributed by atoms with Crippen molar-refractivity contribution in [3.63, 3.8) is 0 Å². The van der Waals surface area contributed by atoms with Gasteiger partial charge in [0.05, 0.1) is 11.4 Å². The molecule has 0 aliphatic rings. The van der Waals surface area contributed by atoms with Crippen LogP contribution >= 0.6 is 0 Å². The molecule has 2 heterocycles. The summed E-state index contributed by atoms with van der Waals surface area (Å²) < 4.78 is 40.8. The fourth-order valence-electron chi connectivity index (χ4n) is 2.69. The summed E-state index contributed by atoms with van der Waals surface area (Å²) in [6.45, 7) is 3.13. The number of halogens is 3. The first-order valence-electron chi connectivity index (χ1n) is 8.35. The van der Waals surface area contributed by atoms with Crippen molar-refractivity contribution in [2.75, 3.05) is 5.32 Å². The third-order valence-corrected chi connectivity index (χ3v) is 4.02. The van der Waals surface area contributed by atoms with Crippen LogP contribution in [0.1, 0.15) is 16.8 Å². The number of alkyl halides is 3. The lowest BCUT2D eigenvalue weighted by atomic mass is 10.2. The summed E-state index contributed by atoms with van der Waals surface area (Å²) in [5, 5.41) is 6.92. The number of carbonyl (C=O) groups is 1. The molecule has 9 heteroatoms. The fraction of sp³-hybridized carbons (Fsp3) is 0.211. The molecule has 3 aromatic rings. The molecule has 6 nitrogen and oxygen atoms in total. The van der Waals surface area contributed by atoms with Crippen molar-refractivity contribution in [3.05, 3.63) is 75.8 Å². The Bertz CT molecular complexity index is 1070. The first kappa shape index (κ1) is 19.4. The second-order valence-corrected chi connectivity index (χ2v) is 6.32. The van der Waals surface area contributed by atoms with Gasteiger partial charge in [0.2, 0.25) is 5.91 Å². The number of rotatable bonds is 4. The number of aromatic nitrogens is 3. The minimum Gasteiger partial charge on any atom is -0.309 e. The Kier molecular flexibility index (Phi) is 5.08. The van der Waals surface area contributed by atoms with Gasteiger partial charge < -0.3 is 9.88 Å². The van der Waals surface area contributed by atoms with E-state index in [0.29, 0.717) is 23.3 Å². The number of nitrogens with one attached hydrogen (secondary N) is 1. The van der Waals surface area contributed by atoms with Gasteiger partial charge in [-0.15, -0.1) is 0 Å². The van der Waals surface area contributed by atoms with E-state index >= 15 is 0 Å². The van der Waals surface area contributed by atoms with Gasteiger partial charge >= 0.3 is 6.18 Å². The van der Waals surface area contributed by atoms with Crippen molar-refractivity contribution in [1.29, 1.82) is 0 Å². The van der Waals surface area contributed by atoms with Crippen molar-refractivity contribution in [2.45, 2.75) is 26.6 Å². The molecule has 1 aromatic carbocycles. The second-order valence-electron chi connectivity index (χ2n) is 6.32. The molecule has 0 fully saturated rings. The predicted octanol–water partition coefficient (Wildman–Crippen LogP) is 3.31. The Hall–Kier alpha value is -3.36. The van der Waals surface area contributed by atoms with E-state index in [9.17, 15) is 22.8 Å². The number of carbonyl (C=O) groups excluding carboxylic acids is 1. The van der Waals surface area contributed by atoms with Crippen LogP contribution in [0.25, 0.3) is 5.69 Å². The Labute approximate surface area is 158 Å². The van der Waals surface area contributed by atoms with Crippen LogP contribution in [0.2, 0.25) is 0 Å². The highest BCUT2D eigenvalue weighted by atomic mass is 19.4. The highest BCUT2D eigenvalue weighted by molar-refractivity contribution is 5.90. The van der Waals surface area contributed by atoms with Gasteiger partial charge in [-0.1, -0.05) is 17.7 Å². The van der Waals surface area contributed by atoms with Crippen LogP contribution < -0.4 is 10.9 Å². The van der Waals surface area contributed by atoms with Gasteiger partial charge in [0, 0.05) is 12.3 Å². The van der Waals surface area contributed by atoms with E-state index in [-0.39, 0.29) is 0 Å². The van der Waals surface area contributed by atoms with Gasteiger partial charge in [-0.2, -0.15) is 18.3 Å². The standard InChI is InChI=1S/C19H17F3N4O2/c1-12-5-7-14(8-6-12)26-16(10-13(2)24-26)23-17(27)11-25-9-3-4-15(18(25)28)19(20,21)22/h3-10H,11H2,1-2H3,(H,23,27). The van der Waals surface area contributed by atoms with Gasteiger partial charge in [0.25, 0.3) is 5.56 Å². The van der Waals surface area contributed by atoms with Crippen LogP contribution in [-0.4, -0.2) is 20.3 Å². The predicted molar refractivity (Wildman–Crippen MR) is 97.4 cm³/mol. The molecular formula is C19H17F3N4O2. The average molecular weight is 390 g/mol. The zero-order valence-electron chi connectivity index (χ0n) is 15.1. The molecule has 0 radical (unpaired) electrons. The Morgan fingerprint density at radius 1 is 1.14 bits per heavy atom. The van der Waals surface area contributed by atoms with Crippen molar-refractivity contribution in [1.82, 2.24) is 14.3 Å². The van der Waals surface area contributed by atoms with Crippen LogP contribution in [0, 0.1) is 13.8 Å². The van der Waals surface area contributed by atoms with Crippen LogP contribution in [0.5, 0.6) is 0 Å². The molecule has 0 bridgehead atoms. The van der Waals surface area contributed by atoms with Gasteiger partial charge in [-0.25, -0.2) is 4.68 Å². The number of amides is 1. The van der Waals surface area contributed by atoms with Crippen LogP contribution in [0.4, 0.5) is 19.0 Å². The van der Waals surface area contributed by atoms with Gasteiger partial charge in [0.15, 0.2) is 0 Å². The molecule has 0 unspecified atom stereocenters. The van der Waals surface area contributed by atoms with E-state index < -0.39 is 29.8 Å². The Balaban J connectivity index is 1.84. The minimum absolute atomic E-state index is 0.353. The smallest absolute Gasteiger partial charge is 0.309 e. The maximum atomic E-state index is 12.9. The SMILES string of the molecule is Cc1ccc(-n2nc(C)cc2NC(=O)Cn2cccc(C(F)(F)F)c2=O)cc1. The lowest BCUT2D eigenvalue weighted by molar-refractivity contribution is -0.139. The number of hydrogen-bond acceptors (Lipinski definition) is 3. The lowest BCUT2D eigenvalue weighted by Gasteiger charge is -2.12. The summed E-state index contributed by atoms with van der Waals surface area (Å²) in [6, 6.07) is 10.8. The van der Waals surface area contributed by atoms with E-state index in [1.807, 2.05) is 31.2 Å². The highest BCUT2D eigenvalue weighted by Crippen LogP contribution is 2.26. The number of hydrogen-bond donors (Lipinski definition) is 1. The Morgan fingerprint density at radius 3 is 2.46 bits per heavy atom. The first-order valence-corrected chi connectivity index (χ1v) is 8.35. The zero-order valence-corrected chi connectivity index (χ0v) is 15.1. The molecule has 0 aliphatic carbocycles. The highest BCUT2D eigenvalue weighted by Gasteiger charge is 2.34. The zero-order chi connectivity index (χ0) is 20.5. The van der Waals surface area contributed by atoms with Crippen LogP contribution in [-0.2, 0) is 17.5 Å². The van der Waals surface area contributed by atoms with E-state index in [1.54, 1.807) is 13.0 Å². The molecule has 1 amide bonds. The third kappa shape index (κ3) is 4.13. The van der Waals surface area contributed by atoms with Gasteiger partial charge in [-0.3, -0.25) is 9.59 Å². The van der Waals surface area contributed by atoms with Crippen molar-refractivity contribution >= 4 is 11.7 Å². The van der Waals surface area contributed by atoms with Crippen LogP contribution in [0.3, 0.4) is 0 Å². The van der Waals surface area contributed by atoms with E-state index in [4.69, 9.17) is 0 Å². The molecular weight excluding hydrogens is 373 g/mol. The molecule has 2 aromatic heterocycles. The van der Waals surface area contributed by atoms with Crippen molar-refractivity contribution in [2.24, 2.45) is 0 Å². The molecule has 3 rings (SSSR count). The molecule has 146 valence electrons.